The summed E-state index contributed by atoms with van der Waals surface area (Å²) in [7, 11) is 0. The predicted octanol–water partition coefficient (Wildman–Crippen LogP) is 1.61. The quantitative estimate of drug-likeness (QED) is 0.833. The molecule has 1 aromatic heterocycles. The molecule has 16 heavy (non-hydrogen) atoms. The fourth-order valence-corrected chi connectivity index (χ4v) is 1.25. The van der Waals surface area contributed by atoms with Crippen LogP contribution in [0.25, 0.3) is 0 Å². The van der Waals surface area contributed by atoms with Gasteiger partial charge in [-0.25, -0.2) is 4.98 Å². The molecule has 1 saturated carbocycles. The molecule has 1 fully saturated rings. The highest BCUT2D eigenvalue weighted by Gasteiger charge is 2.33. The number of hydrogen-bond acceptors (Lipinski definition) is 3. The summed E-state index contributed by atoms with van der Waals surface area (Å²) in [6, 6.07) is 0.447. The zero-order chi connectivity index (χ0) is 11.8. The molecule has 1 aliphatic carbocycles. The zero-order valence-corrected chi connectivity index (χ0v) is 8.27. The monoisotopic (exact) mass is 233 g/mol. The Bertz CT molecular complexity index is 436. The van der Waals surface area contributed by atoms with Gasteiger partial charge in [0.05, 0.1) is 0 Å². The lowest BCUT2D eigenvalue weighted by molar-refractivity contribution is -0.141. The number of aromatic nitrogens is 2. The van der Waals surface area contributed by atoms with Crippen LogP contribution < -0.4 is 10.9 Å². The molecule has 1 aliphatic rings. The molecule has 7 heteroatoms. The summed E-state index contributed by atoms with van der Waals surface area (Å²) in [4.78, 5) is 16.5. The number of aromatic amines is 1. The second-order valence-corrected chi connectivity index (χ2v) is 3.80. The number of nitrogens with one attached hydrogen (secondary N) is 2. The first-order chi connectivity index (χ1) is 7.45. The maximum atomic E-state index is 12.3. The zero-order valence-electron chi connectivity index (χ0n) is 8.27. The molecule has 0 bridgehead atoms. The van der Waals surface area contributed by atoms with Crippen LogP contribution in [0.5, 0.6) is 0 Å². The SMILES string of the molecule is O=c1cc(C(F)(F)F)nc(NCC2CC2)[nH]1. The highest BCUT2D eigenvalue weighted by molar-refractivity contribution is 5.26. The van der Waals surface area contributed by atoms with Gasteiger partial charge in [0.15, 0.2) is 5.69 Å². The van der Waals surface area contributed by atoms with Gasteiger partial charge in [0, 0.05) is 12.6 Å². The van der Waals surface area contributed by atoms with Crippen molar-refractivity contribution in [2.45, 2.75) is 19.0 Å². The van der Waals surface area contributed by atoms with E-state index in [9.17, 15) is 18.0 Å². The predicted molar refractivity (Wildman–Crippen MR) is 51.1 cm³/mol. The average molecular weight is 233 g/mol. The molecule has 0 aromatic carbocycles. The number of hydrogen-bond donors (Lipinski definition) is 2. The van der Waals surface area contributed by atoms with Crippen molar-refractivity contribution in [3.63, 3.8) is 0 Å². The summed E-state index contributed by atoms with van der Waals surface area (Å²) < 4.78 is 36.9. The van der Waals surface area contributed by atoms with E-state index >= 15 is 0 Å². The van der Waals surface area contributed by atoms with Gasteiger partial charge in [0.25, 0.3) is 5.56 Å². The lowest BCUT2D eigenvalue weighted by Gasteiger charge is -2.08. The number of anilines is 1. The van der Waals surface area contributed by atoms with E-state index in [2.05, 4.69) is 15.3 Å². The van der Waals surface area contributed by atoms with Gasteiger partial charge >= 0.3 is 6.18 Å². The summed E-state index contributed by atoms with van der Waals surface area (Å²) in [6.07, 6.45) is -2.46. The van der Waals surface area contributed by atoms with E-state index in [-0.39, 0.29) is 5.95 Å². The Hall–Kier alpha value is -1.53. The number of halogens is 3. The molecule has 0 unspecified atom stereocenters. The number of alkyl halides is 3. The molecule has 0 amide bonds. The molecular formula is C9H10F3N3O. The van der Waals surface area contributed by atoms with Gasteiger partial charge in [-0.05, 0) is 18.8 Å². The third-order valence-corrected chi connectivity index (χ3v) is 2.29. The van der Waals surface area contributed by atoms with Gasteiger partial charge in [-0.1, -0.05) is 0 Å². The topological polar surface area (TPSA) is 57.8 Å². The fourth-order valence-electron chi connectivity index (χ4n) is 1.25. The van der Waals surface area contributed by atoms with E-state index in [1.54, 1.807) is 0 Å². The molecular weight excluding hydrogens is 223 g/mol. The molecule has 4 nitrogen and oxygen atoms in total. The van der Waals surface area contributed by atoms with Gasteiger partial charge in [-0.3, -0.25) is 9.78 Å². The van der Waals surface area contributed by atoms with Crippen LogP contribution in [-0.2, 0) is 6.18 Å². The first kappa shape index (κ1) is 11.0. The molecule has 2 rings (SSSR count). The number of rotatable bonds is 3. The van der Waals surface area contributed by atoms with Gasteiger partial charge in [-0.15, -0.1) is 0 Å². The van der Waals surface area contributed by atoms with Crippen LogP contribution in [0.15, 0.2) is 10.9 Å². The third-order valence-electron chi connectivity index (χ3n) is 2.29. The lowest BCUT2D eigenvalue weighted by Crippen LogP contribution is -2.19. The molecule has 1 aromatic rings. The van der Waals surface area contributed by atoms with Gasteiger partial charge in [0.1, 0.15) is 0 Å². The van der Waals surface area contributed by atoms with Crippen molar-refractivity contribution < 1.29 is 13.2 Å². The Kier molecular flexibility index (Phi) is 2.61. The summed E-state index contributed by atoms with van der Waals surface area (Å²) in [5.74, 6) is 0.367. The first-order valence-electron chi connectivity index (χ1n) is 4.87. The van der Waals surface area contributed by atoms with Crippen LogP contribution in [0.4, 0.5) is 19.1 Å². The molecule has 0 aliphatic heterocycles. The van der Waals surface area contributed by atoms with Crippen LogP contribution in [0.1, 0.15) is 18.5 Å². The Morgan fingerprint density at radius 3 is 2.75 bits per heavy atom. The summed E-state index contributed by atoms with van der Waals surface area (Å²) in [5.41, 5.74) is -1.98. The van der Waals surface area contributed by atoms with E-state index in [0.717, 1.165) is 12.8 Å². The maximum absolute atomic E-state index is 12.3. The standard InChI is InChI=1S/C9H10F3N3O/c10-9(11,12)6-3-7(16)15-8(14-6)13-4-5-1-2-5/h3,5H,1-2,4H2,(H2,13,14,15,16). The molecule has 88 valence electrons. The van der Waals surface area contributed by atoms with Crippen LogP contribution in [-0.4, -0.2) is 16.5 Å². The van der Waals surface area contributed by atoms with Crippen molar-refractivity contribution in [2.75, 3.05) is 11.9 Å². The van der Waals surface area contributed by atoms with Crippen molar-refractivity contribution in [1.29, 1.82) is 0 Å². The van der Waals surface area contributed by atoms with Crippen LogP contribution in [0, 0.1) is 5.92 Å². The Morgan fingerprint density at radius 2 is 2.19 bits per heavy atom. The third kappa shape index (κ3) is 2.74. The normalized spacial score (nSPS) is 16.2. The largest absolute Gasteiger partial charge is 0.433 e. The highest BCUT2D eigenvalue weighted by Crippen LogP contribution is 2.29. The minimum absolute atomic E-state index is 0.119. The molecule has 0 spiro atoms. The van der Waals surface area contributed by atoms with Crippen molar-refractivity contribution in [2.24, 2.45) is 5.92 Å². The van der Waals surface area contributed by atoms with Gasteiger partial charge < -0.3 is 5.32 Å². The van der Waals surface area contributed by atoms with Crippen LogP contribution in [0.2, 0.25) is 0 Å². The Labute approximate surface area is 88.9 Å². The lowest BCUT2D eigenvalue weighted by atomic mass is 10.4. The summed E-state index contributed by atoms with van der Waals surface area (Å²) in [6.45, 7) is 0.546. The second kappa shape index (κ2) is 3.80. The summed E-state index contributed by atoms with van der Waals surface area (Å²) in [5, 5.41) is 2.69. The van der Waals surface area contributed by atoms with Crippen molar-refractivity contribution >= 4 is 5.95 Å². The Morgan fingerprint density at radius 1 is 1.50 bits per heavy atom. The highest BCUT2D eigenvalue weighted by atomic mass is 19.4. The van der Waals surface area contributed by atoms with E-state index in [1.807, 2.05) is 0 Å². The minimum Gasteiger partial charge on any atom is -0.355 e. The van der Waals surface area contributed by atoms with Crippen molar-refractivity contribution in [3.8, 4) is 0 Å². The summed E-state index contributed by atoms with van der Waals surface area (Å²) >= 11 is 0. The second-order valence-electron chi connectivity index (χ2n) is 3.80. The smallest absolute Gasteiger partial charge is 0.355 e. The molecule has 1 heterocycles. The maximum Gasteiger partial charge on any atom is 0.433 e. The number of H-pyrrole nitrogens is 1. The molecule has 0 radical (unpaired) electrons. The fraction of sp³-hybridized carbons (Fsp3) is 0.556. The minimum atomic E-state index is -4.59. The van der Waals surface area contributed by atoms with E-state index in [0.29, 0.717) is 18.5 Å². The van der Waals surface area contributed by atoms with Gasteiger partial charge in [-0.2, -0.15) is 13.2 Å². The van der Waals surface area contributed by atoms with Crippen LogP contribution in [0.3, 0.4) is 0 Å². The Balaban J connectivity index is 2.17. The van der Waals surface area contributed by atoms with Gasteiger partial charge in [0.2, 0.25) is 5.95 Å². The molecule has 2 N–H and O–H groups in total. The van der Waals surface area contributed by atoms with Crippen LogP contribution >= 0.6 is 0 Å². The molecule has 0 atom stereocenters. The van der Waals surface area contributed by atoms with E-state index in [1.165, 1.54) is 0 Å². The van der Waals surface area contributed by atoms with Crippen molar-refractivity contribution in [1.82, 2.24) is 9.97 Å². The van der Waals surface area contributed by atoms with E-state index < -0.39 is 17.4 Å². The first-order valence-corrected chi connectivity index (χ1v) is 4.87. The van der Waals surface area contributed by atoms with Crippen molar-refractivity contribution in [3.05, 3.63) is 22.1 Å². The number of nitrogens with zero attached hydrogens (tertiary/aromatic N) is 1. The average Bonchev–Trinajstić information content (AvgIpc) is 2.96. The molecule has 0 saturated heterocycles. The van der Waals surface area contributed by atoms with E-state index in [4.69, 9.17) is 0 Å².